The SMILES string of the molecule is COc1nc(SC[C@@H](CO)NC(=O)OC(C)(C)C)cnc1N(COCC[Si](C)(C)C)S(=O)(=O)c1cccc(Cl)c1Cl. The number of methoxy groups -OCH3 is 1. The van der Waals surface area contributed by atoms with Crippen LogP contribution in [0.5, 0.6) is 5.88 Å². The third kappa shape index (κ3) is 11.1. The van der Waals surface area contributed by atoms with E-state index in [1.54, 1.807) is 20.8 Å². The summed E-state index contributed by atoms with van der Waals surface area (Å²) in [6.45, 7) is 11.4. The molecule has 16 heteroatoms. The van der Waals surface area contributed by atoms with Crippen molar-refractivity contribution in [3.05, 3.63) is 34.4 Å². The van der Waals surface area contributed by atoms with E-state index in [1.807, 2.05) is 0 Å². The number of aliphatic hydroxyl groups excluding tert-OH is 1. The van der Waals surface area contributed by atoms with Gasteiger partial charge >= 0.3 is 6.09 Å². The highest BCUT2D eigenvalue weighted by molar-refractivity contribution is 7.99. The van der Waals surface area contributed by atoms with Crippen LogP contribution in [0.2, 0.25) is 35.7 Å². The molecule has 2 N–H and O–H groups in total. The van der Waals surface area contributed by atoms with E-state index in [1.165, 1.54) is 43.3 Å². The van der Waals surface area contributed by atoms with Crippen LogP contribution >= 0.6 is 35.0 Å². The lowest BCUT2D eigenvalue weighted by Crippen LogP contribution is -2.42. The van der Waals surface area contributed by atoms with Crippen molar-refractivity contribution in [1.29, 1.82) is 0 Å². The second kappa shape index (κ2) is 15.1. The third-order valence-electron chi connectivity index (χ3n) is 5.19. The topological polar surface area (TPSA) is 140 Å². The Morgan fingerprint density at radius 2 is 1.93 bits per heavy atom. The first-order valence-corrected chi connectivity index (χ1v) is 19.6. The molecular weight excluding hydrogens is 631 g/mol. The van der Waals surface area contributed by atoms with Crippen LogP contribution < -0.4 is 14.4 Å². The minimum atomic E-state index is -4.31. The summed E-state index contributed by atoms with van der Waals surface area (Å²) in [5.74, 6) is 0.0463. The summed E-state index contributed by atoms with van der Waals surface area (Å²) < 4.78 is 45.0. The number of hydrogen-bond donors (Lipinski definition) is 2. The normalized spacial score (nSPS) is 13.0. The van der Waals surface area contributed by atoms with E-state index in [4.69, 9.17) is 37.4 Å². The summed E-state index contributed by atoms with van der Waals surface area (Å²) in [6.07, 6.45) is 0.708. The fourth-order valence-corrected chi connectivity index (χ4v) is 6.73. The van der Waals surface area contributed by atoms with Gasteiger partial charge in [0.15, 0.2) is 0 Å². The molecule has 0 aliphatic carbocycles. The zero-order valence-corrected chi connectivity index (χ0v) is 28.4. The first kappa shape index (κ1) is 35.4. The van der Waals surface area contributed by atoms with Crippen LogP contribution in [0.1, 0.15) is 20.8 Å². The number of nitrogens with one attached hydrogen (secondary N) is 1. The number of halogens is 2. The van der Waals surface area contributed by atoms with Gasteiger partial charge in [-0.05, 0) is 38.9 Å². The largest absolute Gasteiger partial charge is 0.478 e. The summed E-state index contributed by atoms with van der Waals surface area (Å²) in [4.78, 5) is 20.6. The van der Waals surface area contributed by atoms with Crippen LogP contribution in [-0.4, -0.2) is 82.1 Å². The van der Waals surface area contributed by atoms with Gasteiger partial charge in [0.1, 0.15) is 22.3 Å². The molecule has 0 saturated heterocycles. The van der Waals surface area contributed by atoms with Gasteiger partial charge in [-0.25, -0.2) is 27.5 Å². The van der Waals surface area contributed by atoms with Crippen molar-refractivity contribution >= 4 is 65.0 Å². The first-order chi connectivity index (χ1) is 19.0. The van der Waals surface area contributed by atoms with Crippen LogP contribution in [0.15, 0.2) is 34.3 Å². The average Bonchev–Trinajstić information content (AvgIpc) is 2.86. The van der Waals surface area contributed by atoms with Gasteiger partial charge in [0, 0.05) is 20.4 Å². The van der Waals surface area contributed by atoms with Crippen LogP contribution in [0.3, 0.4) is 0 Å². The Morgan fingerprint density at radius 1 is 1.24 bits per heavy atom. The van der Waals surface area contributed by atoms with E-state index in [0.29, 0.717) is 11.6 Å². The van der Waals surface area contributed by atoms with E-state index in [0.717, 1.165) is 10.3 Å². The Bertz CT molecular complexity index is 1290. The Labute approximate surface area is 257 Å². The molecule has 11 nitrogen and oxygen atoms in total. The van der Waals surface area contributed by atoms with Gasteiger partial charge in [0.05, 0.1) is 36.0 Å². The summed E-state index contributed by atoms with van der Waals surface area (Å²) in [6, 6.07) is 4.50. The Hall–Kier alpha value is -1.81. The highest BCUT2D eigenvalue weighted by Crippen LogP contribution is 2.35. The van der Waals surface area contributed by atoms with Crippen LogP contribution in [0.4, 0.5) is 10.6 Å². The van der Waals surface area contributed by atoms with Crippen molar-refractivity contribution < 1.29 is 32.5 Å². The minimum absolute atomic E-state index is 0.0776. The summed E-state index contributed by atoms with van der Waals surface area (Å²) in [7, 11) is -4.41. The number of aliphatic hydroxyl groups is 1. The molecule has 0 aliphatic heterocycles. The fraction of sp³-hybridized carbons (Fsp3) is 0.560. The average molecular weight is 670 g/mol. The number of rotatable bonds is 14. The standard InChI is InChI=1S/C25H38Cl2N4O7S2Si/c1-25(2,3)38-24(33)29-17(14-32)15-39-20-13-28-22(23(30-20)36-4)31(16-37-11-12-41(5,6)7)40(34,35)19-10-8-9-18(26)21(19)27/h8-10,13,17,32H,11-12,14-16H2,1-7H3,(H,29,33)/t17-/m1/s1. The molecule has 1 atom stereocenters. The van der Waals surface area contributed by atoms with Crippen LogP contribution in [0, 0.1) is 0 Å². The monoisotopic (exact) mass is 668 g/mol. The molecule has 0 saturated carbocycles. The molecule has 230 valence electrons. The number of carbonyl (C=O) groups excluding carboxylic acids is 1. The van der Waals surface area contributed by atoms with Crippen molar-refractivity contribution in [2.24, 2.45) is 0 Å². The van der Waals surface area contributed by atoms with Gasteiger partial charge in [-0.1, -0.05) is 48.9 Å². The lowest BCUT2D eigenvalue weighted by molar-refractivity contribution is 0.0491. The number of benzene rings is 1. The predicted octanol–water partition coefficient (Wildman–Crippen LogP) is 5.28. The number of nitrogens with zero attached hydrogens (tertiary/aromatic N) is 3. The number of carbonyl (C=O) groups is 1. The quantitative estimate of drug-likeness (QED) is 0.118. The zero-order chi connectivity index (χ0) is 31.0. The molecule has 1 aromatic heterocycles. The van der Waals surface area contributed by atoms with Crippen molar-refractivity contribution in [2.45, 2.75) is 68.0 Å². The van der Waals surface area contributed by atoms with E-state index in [-0.39, 0.29) is 45.7 Å². The van der Waals surface area contributed by atoms with Crippen molar-refractivity contribution in [1.82, 2.24) is 15.3 Å². The number of thioether (sulfide) groups is 1. The number of hydrogen-bond acceptors (Lipinski definition) is 10. The van der Waals surface area contributed by atoms with Gasteiger partial charge in [-0.3, -0.25) is 0 Å². The fourth-order valence-electron chi connectivity index (χ4n) is 3.10. The van der Waals surface area contributed by atoms with Crippen molar-refractivity contribution in [3.63, 3.8) is 0 Å². The molecule has 0 radical (unpaired) electrons. The van der Waals surface area contributed by atoms with E-state index in [2.05, 4.69) is 34.9 Å². The number of alkyl carbamates (subject to hydrolysis) is 1. The minimum Gasteiger partial charge on any atom is -0.478 e. The maximum atomic E-state index is 13.8. The van der Waals surface area contributed by atoms with Crippen molar-refractivity contribution in [2.75, 3.05) is 37.1 Å². The highest BCUT2D eigenvalue weighted by atomic mass is 35.5. The molecule has 0 unspecified atom stereocenters. The molecule has 0 fully saturated rings. The smallest absolute Gasteiger partial charge is 0.407 e. The van der Waals surface area contributed by atoms with Gasteiger partial charge in [-0.15, -0.1) is 11.8 Å². The molecule has 0 aliphatic rings. The van der Waals surface area contributed by atoms with Gasteiger partial charge in [0.2, 0.25) is 5.82 Å². The lowest BCUT2D eigenvalue weighted by Gasteiger charge is -2.25. The zero-order valence-electron chi connectivity index (χ0n) is 24.2. The molecule has 2 rings (SSSR count). The number of sulfonamides is 1. The van der Waals surface area contributed by atoms with Crippen LogP contribution in [0.25, 0.3) is 0 Å². The third-order valence-corrected chi connectivity index (χ3v) is 10.6. The molecule has 1 aromatic carbocycles. The van der Waals surface area contributed by atoms with Gasteiger partial charge < -0.3 is 24.6 Å². The summed E-state index contributed by atoms with van der Waals surface area (Å²) in [5, 5.41) is 12.6. The maximum Gasteiger partial charge on any atom is 0.407 e. The van der Waals surface area contributed by atoms with E-state index < -0.39 is 35.8 Å². The molecule has 2 aromatic rings. The second-order valence-corrected chi connectivity index (χ2v) is 20.4. The van der Waals surface area contributed by atoms with E-state index in [9.17, 15) is 18.3 Å². The second-order valence-electron chi connectivity index (χ2n) is 11.1. The first-order valence-electron chi connectivity index (χ1n) is 12.7. The number of anilines is 1. The molecule has 0 spiro atoms. The maximum absolute atomic E-state index is 13.8. The summed E-state index contributed by atoms with van der Waals surface area (Å²) in [5.41, 5.74) is -0.689. The molecule has 0 bridgehead atoms. The molecular formula is C25H38Cl2N4O7S2Si. The Kier molecular flexibility index (Phi) is 13.0. The Morgan fingerprint density at radius 3 is 2.51 bits per heavy atom. The predicted molar refractivity (Wildman–Crippen MR) is 165 cm³/mol. The molecule has 41 heavy (non-hydrogen) atoms. The van der Waals surface area contributed by atoms with Crippen LogP contribution in [-0.2, 0) is 19.5 Å². The summed E-state index contributed by atoms with van der Waals surface area (Å²) >= 11 is 13.6. The lowest BCUT2D eigenvalue weighted by atomic mass is 10.2. The molecule has 1 amide bonds. The Balaban J connectivity index is 2.34. The number of aromatic nitrogens is 2. The van der Waals surface area contributed by atoms with E-state index >= 15 is 0 Å². The number of ether oxygens (including phenoxy) is 3. The van der Waals surface area contributed by atoms with Crippen molar-refractivity contribution in [3.8, 4) is 5.88 Å². The highest BCUT2D eigenvalue weighted by Gasteiger charge is 2.32. The molecule has 1 heterocycles. The van der Waals surface area contributed by atoms with Gasteiger partial charge in [0.25, 0.3) is 15.9 Å². The van der Waals surface area contributed by atoms with Gasteiger partial charge in [-0.2, -0.15) is 0 Å². The number of amides is 1.